The molecule has 1 aromatic heterocycles. The van der Waals surface area contributed by atoms with Gasteiger partial charge in [-0.1, -0.05) is 12.1 Å². The Morgan fingerprint density at radius 1 is 1.22 bits per heavy atom. The fraction of sp³-hybridized carbons (Fsp3) is 0.350. The molecule has 1 fully saturated rings. The van der Waals surface area contributed by atoms with Crippen LogP contribution in [0.3, 0.4) is 0 Å². The van der Waals surface area contributed by atoms with E-state index in [1.807, 2.05) is 24.3 Å². The number of carbonyl (C=O) groups excluding carboxylic acids is 1. The smallest absolute Gasteiger partial charge is 0.234 e. The number of anilines is 1. The van der Waals surface area contributed by atoms with Gasteiger partial charge in [-0.3, -0.25) is 9.69 Å². The number of ether oxygens (including phenoxy) is 1. The van der Waals surface area contributed by atoms with E-state index in [1.165, 1.54) is 0 Å². The summed E-state index contributed by atoms with van der Waals surface area (Å²) >= 11 is 0. The Hall–Kier alpha value is -3.11. The molecule has 140 valence electrons. The second kappa shape index (κ2) is 9.01. The molecule has 0 saturated carbocycles. The van der Waals surface area contributed by atoms with E-state index in [0.717, 1.165) is 43.3 Å². The fourth-order valence-electron chi connectivity index (χ4n) is 3.06. The van der Waals surface area contributed by atoms with Gasteiger partial charge in [0, 0.05) is 38.9 Å². The molecule has 1 aliphatic heterocycles. The molecule has 2 heterocycles. The number of methoxy groups -OCH3 is 1. The highest BCUT2D eigenvalue weighted by Crippen LogP contribution is 2.18. The highest BCUT2D eigenvalue weighted by atomic mass is 16.5. The molecule has 1 saturated heterocycles. The van der Waals surface area contributed by atoms with Crippen molar-refractivity contribution in [1.29, 1.82) is 5.26 Å². The number of nitriles is 1. The van der Waals surface area contributed by atoms with Crippen LogP contribution in [-0.2, 0) is 11.3 Å². The van der Waals surface area contributed by atoms with Crippen molar-refractivity contribution in [3.63, 3.8) is 0 Å². The number of benzene rings is 1. The topological polar surface area (TPSA) is 81.5 Å². The molecule has 27 heavy (non-hydrogen) atoms. The number of nitrogens with one attached hydrogen (secondary N) is 1. The minimum atomic E-state index is 0.00909. The average Bonchev–Trinajstić information content (AvgIpc) is 2.73. The van der Waals surface area contributed by atoms with E-state index >= 15 is 0 Å². The van der Waals surface area contributed by atoms with Crippen molar-refractivity contribution in [2.75, 3.05) is 44.7 Å². The maximum absolute atomic E-state index is 12.2. The number of rotatable bonds is 6. The Kier molecular flexibility index (Phi) is 6.23. The number of nitrogens with zero attached hydrogens (tertiary/aromatic N) is 4. The second-order valence-electron chi connectivity index (χ2n) is 6.37. The number of aromatic nitrogens is 1. The SMILES string of the molecule is COc1ccc(CNC(=O)CN2CCN(c3ncccc3C#N)CC2)cc1. The number of hydrogen-bond acceptors (Lipinski definition) is 6. The standard InChI is InChI=1S/C20H23N5O2/c1-27-18-6-4-16(5-7-18)14-23-19(26)15-24-9-11-25(12-10-24)20-17(13-21)3-2-8-22-20/h2-8H,9-12,14-15H2,1H3,(H,23,26). The summed E-state index contributed by atoms with van der Waals surface area (Å²) in [6, 6.07) is 13.4. The van der Waals surface area contributed by atoms with E-state index in [4.69, 9.17) is 4.74 Å². The van der Waals surface area contributed by atoms with Crippen LogP contribution in [0.15, 0.2) is 42.6 Å². The van der Waals surface area contributed by atoms with Crippen LogP contribution in [0.2, 0.25) is 0 Å². The van der Waals surface area contributed by atoms with Gasteiger partial charge < -0.3 is 15.0 Å². The molecule has 7 nitrogen and oxygen atoms in total. The van der Waals surface area contributed by atoms with Crippen LogP contribution in [-0.4, -0.2) is 55.6 Å². The Bertz CT molecular complexity index is 808. The Morgan fingerprint density at radius 2 is 1.96 bits per heavy atom. The van der Waals surface area contributed by atoms with Crippen LogP contribution in [0.4, 0.5) is 5.82 Å². The Morgan fingerprint density at radius 3 is 2.63 bits per heavy atom. The van der Waals surface area contributed by atoms with E-state index in [2.05, 4.69) is 26.2 Å². The zero-order chi connectivity index (χ0) is 19.1. The van der Waals surface area contributed by atoms with E-state index in [0.29, 0.717) is 18.7 Å². The largest absolute Gasteiger partial charge is 0.497 e. The summed E-state index contributed by atoms with van der Waals surface area (Å²) in [4.78, 5) is 20.8. The number of hydrogen-bond donors (Lipinski definition) is 1. The van der Waals surface area contributed by atoms with Crippen LogP contribution in [0.5, 0.6) is 5.75 Å². The van der Waals surface area contributed by atoms with Crippen molar-refractivity contribution >= 4 is 11.7 Å². The molecule has 1 aliphatic rings. The number of pyridine rings is 1. The molecule has 0 atom stereocenters. The first kappa shape index (κ1) is 18.7. The lowest BCUT2D eigenvalue weighted by Crippen LogP contribution is -2.49. The summed E-state index contributed by atoms with van der Waals surface area (Å²) in [5, 5.41) is 12.2. The summed E-state index contributed by atoms with van der Waals surface area (Å²) in [6.07, 6.45) is 1.70. The summed E-state index contributed by atoms with van der Waals surface area (Å²) in [5.74, 6) is 1.54. The molecule has 3 rings (SSSR count). The Labute approximate surface area is 159 Å². The minimum absolute atomic E-state index is 0.00909. The molecule has 7 heteroatoms. The molecular formula is C20H23N5O2. The van der Waals surface area contributed by atoms with E-state index in [9.17, 15) is 10.1 Å². The van der Waals surface area contributed by atoms with Gasteiger partial charge in [0.15, 0.2) is 0 Å². The molecule has 0 radical (unpaired) electrons. The van der Waals surface area contributed by atoms with Gasteiger partial charge in [-0.2, -0.15) is 5.26 Å². The first-order valence-electron chi connectivity index (χ1n) is 8.91. The normalized spacial score (nSPS) is 14.4. The summed E-state index contributed by atoms with van der Waals surface area (Å²) in [6.45, 7) is 3.89. The van der Waals surface area contributed by atoms with E-state index in [1.54, 1.807) is 25.4 Å². The number of piperazine rings is 1. The van der Waals surface area contributed by atoms with Crippen LogP contribution < -0.4 is 15.0 Å². The summed E-state index contributed by atoms with van der Waals surface area (Å²) < 4.78 is 5.13. The van der Waals surface area contributed by atoms with Crippen LogP contribution in [0.1, 0.15) is 11.1 Å². The van der Waals surface area contributed by atoms with Crippen molar-refractivity contribution in [2.24, 2.45) is 0 Å². The summed E-state index contributed by atoms with van der Waals surface area (Å²) in [5.41, 5.74) is 1.62. The van der Waals surface area contributed by atoms with Gasteiger partial charge >= 0.3 is 0 Å². The average molecular weight is 365 g/mol. The molecule has 0 aliphatic carbocycles. The van der Waals surface area contributed by atoms with Crippen molar-refractivity contribution in [3.05, 3.63) is 53.7 Å². The third-order valence-electron chi connectivity index (χ3n) is 4.59. The van der Waals surface area contributed by atoms with Crippen molar-refractivity contribution < 1.29 is 9.53 Å². The predicted octanol–water partition coefficient (Wildman–Crippen LogP) is 1.40. The zero-order valence-electron chi connectivity index (χ0n) is 15.4. The van der Waals surface area contributed by atoms with Gasteiger partial charge in [0.25, 0.3) is 0 Å². The quantitative estimate of drug-likeness (QED) is 0.833. The van der Waals surface area contributed by atoms with Gasteiger partial charge in [0.1, 0.15) is 17.6 Å². The van der Waals surface area contributed by atoms with E-state index < -0.39 is 0 Å². The van der Waals surface area contributed by atoms with Gasteiger partial charge in [-0.15, -0.1) is 0 Å². The third kappa shape index (κ3) is 4.96. The maximum atomic E-state index is 12.2. The lowest BCUT2D eigenvalue weighted by Gasteiger charge is -2.35. The first-order valence-corrected chi connectivity index (χ1v) is 8.91. The molecule has 0 unspecified atom stereocenters. The lowest BCUT2D eigenvalue weighted by atomic mass is 10.2. The molecule has 1 amide bonds. The van der Waals surface area contributed by atoms with Gasteiger partial charge in [-0.25, -0.2) is 4.98 Å². The molecule has 0 bridgehead atoms. The molecular weight excluding hydrogens is 342 g/mol. The third-order valence-corrected chi connectivity index (χ3v) is 4.59. The van der Waals surface area contributed by atoms with Gasteiger partial charge in [0.2, 0.25) is 5.91 Å². The first-order chi connectivity index (χ1) is 13.2. The zero-order valence-corrected chi connectivity index (χ0v) is 15.4. The van der Waals surface area contributed by atoms with Crippen LogP contribution >= 0.6 is 0 Å². The van der Waals surface area contributed by atoms with Gasteiger partial charge in [-0.05, 0) is 29.8 Å². The maximum Gasteiger partial charge on any atom is 0.234 e. The number of carbonyl (C=O) groups is 1. The van der Waals surface area contributed by atoms with Crippen molar-refractivity contribution in [3.8, 4) is 11.8 Å². The Balaban J connectivity index is 1.44. The summed E-state index contributed by atoms with van der Waals surface area (Å²) in [7, 11) is 1.63. The lowest BCUT2D eigenvalue weighted by molar-refractivity contribution is -0.122. The molecule has 0 spiro atoms. The minimum Gasteiger partial charge on any atom is -0.497 e. The molecule has 1 N–H and O–H groups in total. The van der Waals surface area contributed by atoms with Crippen LogP contribution in [0.25, 0.3) is 0 Å². The highest BCUT2D eigenvalue weighted by Gasteiger charge is 2.21. The van der Waals surface area contributed by atoms with Crippen LogP contribution in [0, 0.1) is 11.3 Å². The predicted molar refractivity (Wildman–Crippen MR) is 102 cm³/mol. The highest BCUT2D eigenvalue weighted by molar-refractivity contribution is 5.78. The van der Waals surface area contributed by atoms with E-state index in [-0.39, 0.29) is 5.91 Å². The molecule has 1 aromatic carbocycles. The van der Waals surface area contributed by atoms with Crippen molar-refractivity contribution in [2.45, 2.75) is 6.54 Å². The fourth-order valence-corrected chi connectivity index (χ4v) is 3.06. The molecule has 2 aromatic rings. The van der Waals surface area contributed by atoms with Crippen molar-refractivity contribution in [1.82, 2.24) is 15.2 Å². The van der Waals surface area contributed by atoms with Gasteiger partial charge in [0.05, 0.1) is 19.2 Å². The monoisotopic (exact) mass is 365 g/mol. The second-order valence-corrected chi connectivity index (χ2v) is 6.37. The number of amides is 1.